The normalized spacial score (nSPS) is 11.0. The van der Waals surface area contributed by atoms with Crippen LogP contribution in [0.15, 0.2) is 71.5 Å². The molecule has 0 saturated carbocycles. The quantitative estimate of drug-likeness (QED) is 0.287. The van der Waals surface area contributed by atoms with E-state index in [0.29, 0.717) is 27.4 Å². The number of hydrogen-bond donors (Lipinski definition) is 0. The zero-order chi connectivity index (χ0) is 21.3. The Hall–Kier alpha value is -3.73. The van der Waals surface area contributed by atoms with Crippen molar-refractivity contribution in [3.8, 4) is 0 Å². The molecule has 1 aromatic heterocycles. The summed E-state index contributed by atoms with van der Waals surface area (Å²) < 4.78 is 7.05. The first-order valence-electron chi connectivity index (χ1n) is 9.72. The van der Waals surface area contributed by atoms with Crippen molar-refractivity contribution in [3.05, 3.63) is 93.6 Å². The molecule has 0 bridgehead atoms. The summed E-state index contributed by atoms with van der Waals surface area (Å²) in [6.45, 7) is 3.40. The number of pyridine rings is 1. The number of rotatable bonds is 5. The molecule has 3 aromatic carbocycles. The van der Waals surface area contributed by atoms with Crippen LogP contribution in [0, 0.1) is 13.8 Å². The number of hydrogen-bond acceptors (Lipinski definition) is 4. The van der Waals surface area contributed by atoms with Gasteiger partial charge in [-0.25, -0.2) is 0 Å². The van der Waals surface area contributed by atoms with Gasteiger partial charge in [0, 0.05) is 16.3 Å². The number of ketones is 1. The topological polar surface area (TPSA) is 65.4 Å². The lowest BCUT2D eigenvalue weighted by Crippen LogP contribution is -2.21. The van der Waals surface area contributed by atoms with E-state index in [0.717, 1.165) is 11.1 Å². The second-order valence-electron chi connectivity index (χ2n) is 7.35. The number of Topliss-reactive ketones (excluding diaryl/α,β-unsaturated/α-hetero) is 1. The number of aryl methyl sites for hydroxylation is 2. The first kappa shape index (κ1) is 19.6. The van der Waals surface area contributed by atoms with Crippen LogP contribution in [0.1, 0.15) is 21.5 Å². The Morgan fingerprint density at radius 3 is 2.07 bits per heavy atom. The lowest BCUT2D eigenvalue weighted by atomic mass is 10.0. The van der Waals surface area contributed by atoms with Crippen molar-refractivity contribution in [1.82, 2.24) is 4.57 Å². The molecule has 0 unspecified atom stereocenters. The number of nitrogens with zero attached hydrogens (tertiary/aromatic N) is 1. The fourth-order valence-corrected chi connectivity index (χ4v) is 3.77. The molecule has 0 N–H and O–H groups in total. The zero-order valence-electron chi connectivity index (χ0n) is 16.8. The summed E-state index contributed by atoms with van der Waals surface area (Å²) in [6.07, 6.45) is 0. The molecule has 150 valence electrons. The first-order chi connectivity index (χ1) is 14.5. The highest BCUT2D eigenvalue weighted by atomic mass is 16.5. The molecule has 5 heteroatoms. The van der Waals surface area contributed by atoms with Crippen molar-refractivity contribution in [2.75, 3.05) is 6.61 Å². The van der Waals surface area contributed by atoms with Gasteiger partial charge in [-0.1, -0.05) is 48.0 Å². The molecular weight excluding hydrogens is 378 g/mol. The van der Waals surface area contributed by atoms with Gasteiger partial charge in [0.1, 0.15) is 6.54 Å². The highest BCUT2D eigenvalue weighted by molar-refractivity contribution is 5.99. The Morgan fingerprint density at radius 2 is 1.47 bits per heavy atom. The van der Waals surface area contributed by atoms with Crippen LogP contribution in [0.3, 0.4) is 0 Å². The zero-order valence-corrected chi connectivity index (χ0v) is 16.8. The Bertz CT molecular complexity index is 1290. The van der Waals surface area contributed by atoms with Gasteiger partial charge in [0.05, 0.1) is 11.0 Å². The highest BCUT2D eigenvalue weighted by Crippen LogP contribution is 2.19. The Balaban J connectivity index is 1.61. The summed E-state index contributed by atoms with van der Waals surface area (Å²) >= 11 is 0. The van der Waals surface area contributed by atoms with Gasteiger partial charge in [-0.05, 0) is 43.7 Å². The minimum atomic E-state index is -0.535. The summed E-state index contributed by atoms with van der Waals surface area (Å²) in [7, 11) is 0. The van der Waals surface area contributed by atoms with Crippen LogP contribution in [0.4, 0.5) is 0 Å². The molecule has 5 nitrogen and oxygen atoms in total. The van der Waals surface area contributed by atoms with Crippen molar-refractivity contribution in [2.24, 2.45) is 0 Å². The van der Waals surface area contributed by atoms with E-state index in [1.54, 1.807) is 47.0 Å². The number of carbonyl (C=O) groups excluding carboxylic acids is 2. The molecule has 0 amide bonds. The van der Waals surface area contributed by atoms with E-state index in [1.165, 1.54) is 0 Å². The number of benzene rings is 3. The van der Waals surface area contributed by atoms with Crippen LogP contribution in [0.5, 0.6) is 0 Å². The maximum absolute atomic E-state index is 12.8. The minimum absolute atomic E-state index is 0.0733. The van der Waals surface area contributed by atoms with Crippen LogP contribution in [-0.4, -0.2) is 22.9 Å². The number of carbonyl (C=O) groups is 2. The van der Waals surface area contributed by atoms with Gasteiger partial charge in [-0.15, -0.1) is 0 Å². The summed E-state index contributed by atoms with van der Waals surface area (Å²) in [5, 5.41) is 1.07. The van der Waals surface area contributed by atoms with Crippen molar-refractivity contribution in [1.29, 1.82) is 0 Å². The van der Waals surface area contributed by atoms with Crippen LogP contribution in [-0.2, 0) is 16.1 Å². The summed E-state index contributed by atoms with van der Waals surface area (Å²) in [5.74, 6) is -0.775. The molecular formula is C25H21NO4. The third kappa shape index (κ3) is 3.62. The smallest absolute Gasteiger partial charge is 0.326 e. The van der Waals surface area contributed by atoms with Crippen LogP contribution < -0.4 is 5.43 Å². The molecule has 1 heterocycles. The lowest BCUT2D eigenvalue weighted by Gasteiger charge is -2.14. The molecule has 4 aromatic rings. The fraction of sp³-hybridized carbons (Fsp3) is 0.160. The number of para-hydroxylation sites is 2. The highest BCUT2D eigenvalue weighted by Gasteiger charge is 2.16. The van der Waals surface area contributed by atoms with E-state index in [9.17, 15) is 14.4 Å². The summed E-state index contributed by atoms with van der Waals surface area (Å²) in [5.41, 5.74) is 3.70. The summed E-state index contributed by atoms with van der Waals surface area (Å²) in [4.78, 5) is 37.8. The van der Waals surface area contributed by atoms with Gasteiger partial charge in [0.15, 0.2) is 12.0 Å². The van der Waals surface area contributed by atoms with Crippen molar-refractivity contribution in [2.45, 2.75) is 20.4 Å². The van der Waals surface area contributed by atoms with Crippen molar-refractivity contribution < 1.29 is 14.3 Å². The van der Waals surface area contributed by atoms with Crippen LogP contribution in [0.2, 0.25) is 0 Å². The molecule has 0 saturated heterocycles. The van der Waals surface area contributed by atoms with E-state index >= 15 is 0 Å². The molecule has 30 heavy (non-hydrogen) atoms. The molecule has 0 fully saturated rings. The number of ether oxygens (including phenoxy) is 1. The SMILES string of the molecule is Cc1ccc(C(=O)COC(=O)Cn2c3ccccc3c(=O)c3ccccc32)c(C)c1. The molecule has 0 radical (unpaired) electrons. The molecule has 0 spiro atoms. The predicted octanol–water partition coefficient (Wildman–Crippen LogP) is 4.20. The second kappa shape index (κ2) is 7.95. The molecule has 0 atom stereocenters. The monoisotopic (exact) mass is 399 g/mol. The predicted molar refractivity (Wildman–Crippen MR) is 117 cm³/mol. The maximum Gasteiger partial charge on any atom is 0.326 e. The van der Waals surface area contributed by atoms with Crippen LogP contribution in [0.25, 0.3) is 21.8 Å². The van der Waals surface area contributed by atoms with Crippen LogP contribution >= 0.6 is 0 Å². The van der Waals surface area contributed by atoms with E-state index in [-0.39, 0.29) is 24.4 Å². The third-order valence-electron chi connectivity index (χ3n) is 5.21. The molecule has 0 aliphatic heterocycles. The van der Waals surface area contributed by atoms with E-state index in [4.69, 9.17) is 4.74 Å². The third-order valence-corrected chi connectivity index (χ3v) is 5.21. The average Bonchev–Trinajstić information content (AvgIpc) is 2.75. The summed E-state index contributed by atoms with van der Waals surface area (Å²) in [6, 6.07) is 19.9. The fourth-order valence-electron chi connectivity index (χ4n) is 3.77. The Kier molecular flexibility index (Phi) is 5.19. The number of esters is 1. The number of fused-ring (bicyclic) bond motifs is 2. The Labute approximate surface area is 173 Å². The standard InChI is InChI=1S/C25H21NO4/c1-16-11-12-18(17(2)13-16)23(27)15-30-24(28)14-26-21-9-5-3-7-19(21)25(29)20-8-4-6-10-22(20)26/h3-13H,14-15H2,1-2H3. The van der Waals surface area contributed by atoms with Gasteiger partial charge in [0.25, 0.3) is 0 Å². The molecule has 0 aliphatic rings. The molecule has 4 rings (SSSR count). The number of aromatic nitrogens is 1. The van der Waals surface area contributed by atoms with Gasteiger partial charge in [-0.2, -0.15) is 0 Å². The average molecular weight is 399 g/mol. The second-order valence-corrected chi connectivity index (χ2v) is 7.35. The van der Waals surface area contributed by atoms with Crippen molar-refractivity contribution >= 4 is 33.6 Å². The first-order valence-corrected chi connectivity index (χ1v) is 9.72. The van der Waals surface area contributed by atoms with Crippen molar-refractivity contribution in [3.63, 3.8) is 0 Å². The Morgan fingerprint density at radius 1 is 0.867 bits per heavy atom. The van der Waals surface area contributed by atoms with Gasteiger partial charge in [0.2, 0.25) is 5.78 Å². The maximum atomic E-state index is 12.8. The van der Waals surface area contributed by atoms with Gasteiger partial charge >= 0.3 is 5.97 Å². The largest absolute Gasteiger partial charge is 0.456 e. The minimum Gasteiger partial charge on any atom is -0.456 e. The van der Waals surface area contributed by atoms with Gasteiger partial charge < -0.3 is 9.30 Å². The lowest BCUT2D eigenvalue weighted by molar-refractivity contribution is -0.143. The van der Waals surface area contributed by atoms with E-state index < -0.39 is 5.97 Å². The van der Waals surface area contributed by atoms with E-state index in [1.807, 2.05) is 38.1 Å². The van der Waals surface area contributed by atoms with Gasteiger partial charge in [-0.3, -0.25) is 14.4 Å². The molecule has 0 aliphatic carbocycles. The van der Waals surface area contributed by atoms with E-state index in [2.05, 4.69) is 0 Å².